The molecule has 2 amide bonds. The number of halogens is 6. The summed E-state index contributed by atoms with van der Waals surface area (Å²) in [7, 11) is 0. The number of rotatable bonds is 14. The number of aliphatic hydroxyl groups is 1. The van der Waals surface area contributed by atoms with E-state index in [1.54, 1.807) is 38.1 Å². The molecule has 328 valence electrons. The summed E-state index contributed by atoms with van der Waals surface area (Å²) in [4.78, 5) is 47.3. The van der Waals surface area contributed by atoms with Crippen LogP contribution in [0.3, 0.4) is 0 Å². The van der Waals surface area contributed by atoms with Gasteiger partial charge in [-0.05, 0) is 83.4 Å². The monoisotopic (exact) mass is 867 g/mol. The molecule has 1 N–H and O–H groups in total. The molecule has 2 aromatic heterocycles. The van der Waals surface area contributed by atoms with Gasteiger partial charge in [-0.2, -0.15) is 26.3 Å². The van der Waals surface area contributed by atoms with Crippen molar-refractivity contribution >= 4 is 29.1 Å². The number of esters is 1. The fraction of sp³-hybridized carbons (Fsp3) is 0.581. The zero-order valence-corrected chi connectivity index (χ0v) is 34.7. The van der Waals surface area contributed by atoms with Crippen LogP contribution in [-0.4, -0.2) is 81.7 Å². The highest BCUT2D eigenvalue weighted by molar-refractivity contribution is 7.10. The number of nitrogens with zero attached hydrogens (tertiary/aromatic N) is 3. The number of para-hydroxylation sites is 1. The lowest BCUT2D eigenvalue weighted by Crippen LogP contribution is -2.68. The minimum atomic E-state index is -4.92. The number of aromatic nitrogens is 1. The molecule has 6 rings (SSSR count). The van der Waals surface area contributed by atoms with Crippen molar-refractivity contribution < 1.29 is 60.0 Å². The topological polar surface area (TPSA) is 119 Å². The molecular weight excluding hydrogens is 817 g/mol. The first-order valence-corrected chi connectivity index (χ1v) is 21.4. The Morgan fingerprint density at radius 1 is 0.950 bits per heavy atom. The lowest BCUT2D eigenvalue weighted by molar-refractivity contribution is -0.163. The number of hydrogen-bond donors (Lipinski definition) is 1. The molecule has 1 unspecified atom stereocenters. The highest BCUT2D eigenvalue weighted by Crippen LogP contribution is 2.48. The number of alkyl halides is 6. The van der Waals surface area contributed by atoms with E-state index in [-0.39, 0.29) is 69.6 Å². The number of thiophene rings is 1. The molecule has 4 heterocycles. The normalized spacial score (nSPS) is 22.1. The van der Waals surface area contributed by atoms with Crippen LogP contribution in [0.4, 0.5) is 26.3 Å². The highest BCUT2D eigenvalue weighted by atomic mass is 32.1. The molecule has 2 aliphatic heterocycles. The predicted molar refractivity (Wildman–Crippen MR) is 209 cm³/mol. The standard InChI is InChI=1S/C43H51F6N3O7S/c1-4-11-33-41(59-29-26-34(60-27-29)43(47,48)49,18-10-23-52(33)36(53)35-31(42(44,45)46)13-8-22-50-35)37(54)51-24-20-40(56,21-25-51)30-12-6-7-14-32(30)58-28(3)15-19-39(16-9-17-39)38(55)57-5-2/h6-8,12-14,22,26-28,33,56H,4-5,9-11,15-21,23-25H2,1-3H3/t28?,33-,41+/m1/s1. The fourth-order valence-corrected chi connectivity index (χ4v) is 9.52. The predicted octanol–water partition coefficient (Wildman–Crippen LogP) is 9.19. The zero-order valence-electron chi connectivity index (χ0n) is 33.9. The van der Waals surface area contributed by atoms with Crippen molar-refractivity contribution in [3.05, 3.63) is 75.7 Å². The second kappa shape index (κ2) is 17.9. The van der Waals surface area contributed by atoms with Gasteiger partial charge in [0.2, 0.25) is 5.60 Å². The van der Waals surface area contributed by atoms with Crippen molar-refractivity contribution in [2.45, 2.75) is 127 Å². The number of amides is 2. The summed E-state index contributed by atoms with van der Waals surface area (Å²) in [6, 6.07) is 8.44. The minimum absolute atomic E-state index is 0.0188. The number of likely N-dealkylation sites (tertiary alicyclic amines) is 2. The molecule has 1 aromatic carbocycles. The lowest BCUT2D eigenvalue weighted by atomic mass is 9.66. The Kier molecular flexibility index (Phi) is 13.5. The van der Waals surface area contributed by atoms with Crippen molar-refractivity contribution in [2.24, 2.45) is 5.41 Å². The molecule has 1 aliphatic carbocycles. The van der Waals surface area contributed by atoms with Crippen LogP contribution in [0.1, 0.15) is 118 Å². The SMILES string of the molecule is CCC[C@H]1N(C(=O)c2ncccc2C(F)(F)F)CCC[C@@]1(Oc1csc(C(F)(F)F)c1)C(=O)N1CCC(O)(c2ccccc2OC(C)CCC2(C(=O)OCC)CCC2)CC1. The smallest absolute Gasteiger partial charge is 0.425 e. The molecule has 3 aliphatic rings. The van der Waals surface area contributed by atoms with Crippen LogP contribution in [0.2, 0.25) is 0 Å². The van der Waals surface area contributed by atoms with E-state index in [2.05, 4.69) is 4.98 Å². The van der Waals surface area contributed by atoms with E-state index >= 15 is 4.79 Å². The van der Waals surface area contributed by atoms with Crippen LogP contribution in [0.5, 0.6) is 11.5 Å². The first kappa shape index (κ1) is 45.2. The van der Waals surface area contributed by atoms with Crippen LogP contribution in [0.15, 0.2) is 54.0 Å². The average Bonchev–Trinajstić information content (AvgIpc) is 3.67. The van der Waals surface area contributed by atoms with Crippen LogP contribution in [-0.2, 0) is 32.3 Å². The van der Waals surface area contributed by atoms with Crippen molar-refractivity contribution in [2.75, 3.05) is 26.2 Å². The minimum Gasteiger partial charge on any atom is -0.490 e. The largest absolute Gasteiger partial charge is 0.490 e. The van der Waals surface area contributed by atoms with Gasteiger partial charge < -0.3 is 29.1 Å². The quantitative estimate of drug-likeness (QED) is 0.126. The van der Waals surface area contributed by atoms with Crippen LogP contribution < -0.4 is 9.47 Å². The molecule has 10 nitrogen and oxygen atoms in total. The Balaban J connectivity index is 1.26. The number of ether oxygens (including phenoxy) is 3. The first-order valence-electron chi connectivity index (χ1n) is 20.5. The highest BCUT2D eigenvalue weighted by Gasteiger charge is 2.57. The van der Waals surface area contributed by atoms with Gasteiger partial charge in [0.15, 0.2) is 0 Å². The van der Waals surface area contributed by atoms with Gasteiger partial charge >= 0.3 is 18.3 Å². The molecular formula is C43H51F6N3O7S. The maximum absolute atomic E-state index is 15.0. The van der Waals surface area contributed by atoms with E-state index < -0.39 is 63.0 Å². The Morgan fingerprint density at radius 3 is 2.28 bits per heavy atom. The van der Waals surface area contributed by atoms with Crippen molar-refractivity contribution in [3.8, 4) is 11.5 Å². The van der Waals surface area contributed by atoms with Gasteiger partial charge in [-0.3, -0.25) is 19.4 Å². The van der Waals surface area contributed by atoms with Gasteiger partial charge in [-0.1, -0.05) is 38.0 Å². The Bertz CT molecular complexity index is 1990. The number of piperidine rings is 2. The van der Waals surface area contributed by atoms with Crippen LogP contribution in [0.25, 0.3) is 0 Å². The third kappa shape index (κ3) is 9.26. The van der Waals surface area contributed by atoms with Crippen molar-refractivity contribution in [1.82, 2.24) is 14.8 Å². The van der Waals surface area contributed by atoms with Crippen molar-refractivity contribution in [3.63, 3.8) is 0 Å². The molecule has 0 bridgehead atoms. The van der Waals surface area contributed by atoms with Gasteiger partial charge in [-0.15, -0.1) is 11.3 Å². The number of carbonyl (C=O) groups is 3. The maximum Gasteiger partial charge on any atom is 0.425 e. The molecule has 0 radical (unpaired) electrons. The number of carbonyl (C=O) groups excluding carboxylic acids is 3. The summed E-state index contributed by atoms with van der Waals surface area (Å²) in [6.45, 7) is 5.66. The average molecular weight is 868 g/mol. The maximum atomic E-state index is 15.0. The first-order chi connectivity index (χ1) is 28.4. The summed E-state index contributed by atoms with van der Waals surface area (Å²) in [5, 5.41) is 13.3. The summed E-state index contributed by atoms with van der Waals surface area (Å²) in [6.07, 6.45) is -4.70. The van der Waals surface area contributed by atoms with E-state index in [0.29, 0.717) is 48.5 Å². The Hall–Kier alpha value is -4.38. The van der Waals surface area contributed by atoms with E-state index in [1.165, 1.54) is 4.90 Å². The molecule has 1 saturated carbocycles. The van der Waals surface area contributed by atoms with Gasteiger partial charge in [0.1, 0.15) is 22.1 Å². The molecule has 2 saturated heterocycles. The molecule has 3 aromatic rings. The van der Waals surface area contributed by atoms with E-state index in [0.717, 1.165) is 53.9 Å². The summed E-state index contributed by atoms with van der Waals surface area (Å²) in [5.41, 5.74) is -5.57. The van der Waals surface area contributed by atoms with Gasteiger partial charge in [0.25, 0.3) is 11.8 Å². The number of pyridine rings is 1. The third-order valence-electron chi connectivity index (χ3n) is 12.2. The van der Waals surface area contributed by atoms with Crippen molar-refractivity contribution in [1.29, 1.82) is 0 Å². The summed E-state index contributed by atoms with van der Waals surface area (Å²) < 4.78 is 102. The Morgan fingerprint density at radius 2 is 1.67 bits per heavy atom. The zero-order chi connectivity index (χ0) is 43.5. The molecule has 17 heteroatoms. The number of hydrogen-bond acceptors (Lipinski definition) is 9. The molecule has 3 fully saturated rings. The Labute approximate surface area is 349 Å². The summed E-state index contributed by atoms with van der Waals surface area (Å²) in [5.74, 6) is -1.73. The van der Waals surface area contributed by atoms with Crippen LogP contribution in [0, 0.1) is 5.41 Å². The fourth-order valence-electron chi connectivity index (χ4n) is 8.85. The van der Waals surface area contributed by atoms with E-state index in [9.17, 15) is 41.0 Å². The molecule has 3 atom stereocenters. The molecule has 60 heavy (non-hydrogen) atoms. The van der Waals surface area contributed by atoms with E-state index in [1.807, 2.05) is 6.92 Å². The lowest BCUT2D eigenvalue weighted by Gasteiger charge is -2.51. The molecule has 0 spiro atoms. The van der Waals surface area contributed by atoms with Crippen LogP contribution >= 0.6 is 11.3 Å². The third-order valence-corrected chi connectivity index (χ3v) is 13.1. The summed E-state index contributed by atoms with van der Waals surface area (Å²) >= 11 is 0.372. The van der Waals surface area contributed by atoms with Gasteiger partial charge in [0.05, 0.1) is 35.3 Å². The van der Waals surface area contributed by atoms with E-state index in [4.69, 9.17) is 14.2 Å². The second-order valence-electron chi connectivity index (χ2n) is 16.1. The number of benzene rings is 1. The van der Waals surface area contributed by atoms with Gasteiger partial charge in [-0.25, -0.2) is 0 Å². The van der Waals surface area contributed by atoms with Gasteiger partial charge in [0, 0.05) is 49.3 Å². The second-order valence-corrected chi connectivity index (χ2v) is 17.0.